The van der Waals surface area contributed by atoms with Crippen LogP contribution in [0.4, 0.5) is 0 Å². The Hall–Kier alpha value is -0.610. The highest BCUT2D eigenvalue weighted by molar-refractivity contribution is 5.80. The zero-order valence-electron chi connectivity index (χ0n) is 13.0. The van der Waals surface area contributed by atoms with Gasteiger partial charge in [0, 0.05) is 6.04 Å². The van der Waals surface area contributed by atoms with Gasteiger partial charge in [0.1, 0.15) is 5.54 Å². The first-order chi connectivity index (χ1) is 9.03. The van der Waals surface area contributed by atoms with Crippen LogP contribution >= 0.6 is 0 Å². The quantitative estimate of drug-likeness (QED) is 0.686. The number of ether oxygens (including phenoxy) is 1. The monoisotopic (exact) mass is 270 g/mol. The van der Waals surface area contributed by atoms with Crippen LogP contribution in [-0.4, -0.2) is 48.7 Å². The molecule has 0 saturated carbocycles. The number of hydrogen-bond acceptors (Lipinski definition) is 4. The summed E-state index contributed by atoms with van der Waals surface area (Å²) in [5.74, 6) is -0.116. The summed E-state index contributed by atoms with van der Waals surface area (Å²) in [6.45, 7) is 11.8. The molecule has 2 atom stereocenters. The molecule has 1 rings (SSSR count). The van der Waals surface area contributed by atoms with Crippen molar-refractivity contribution in [2.75, 3.05) is 26.2 Å². The Labute approximate surface area is 117 Å². The first-order valence-electron chi connectivity index (χ1n) is 7.69. The van der Waals surface area contributed by atoms with Gasteiger partial charge in [-0.2, -0.15) is 0 Å². The summed E-state index contributed by atoms with van der Waals surface area (Å²) in [6, 6.07) is 0.418. The zero-order valence-corrected chi connectivity index (χ0v) is 13.0. The van der Waals surface area contributed by atoms with E-state index in [4.69, 9.17) is 4.74 Å². The third-order valence-corrected chi connectivity index (χ3v) is 3.96. The second-order valence-corrected chi connectivity index (χ2v) is 5.78. The van der Waals surface area contributed by atoms with Crippen LogP contribution in [0.2, 0.25) is 0 Å². The van der Waals surface area contributed by atoms with E-state index in [2.05, 4.69) is 24.1 Å². The van der Waals surface area contributed by atoms with Crippen molar-refractivity contribution in [1.29, 1.82) is 0 Å². The van der Waals surface area contributed by atoms with E-state index < -0.39 is 5.54 Å². The van der Waals surface area contributed by atoms with Gasteiger partial charge in [0.15, 0.2) is 0 Å². The van der Waals surface area contributed by atoms with Gasteiger partial charge in [-0.1, -0.05) is 6.92 Å². The predicted molar refractivity (Wildman–Crippen MR) is 78.2 cm³/mol. The maximum atomic E-state index is 12.2. The van der Waals surface area contributed by atoms with Crippen LogP contribution in [0.25, 0.3) is 0 Å². The molecular weight excluding hydrogens is 240 g/mol. The summed E-state index contributed by atoms with van der Waals surface area (Å²) in [5.41, 5.74) is -0.561. The Kier molecular flexibility index (Phi) is 6.80. The fourth-order valence-corrected chi connectivity index (χ4v) is 2.82. The van der Waals surface area contributed by atoms with Gasteiger partial charge in [-0.25, -0.2) is 0 Å². The van der Waals surface area contributed by atoms with E-state index in [1.54, 1.807) is 0 Å². The molecule has 0 bridgehead atoms. The molecule has 1 saturated heterocycles. The SMILES string of the molecule is CCCNC(C)(CC(C)N1CCCC1)C(=O)OCC. The molecule has 0 radical (unpaired) electrons. The molecule has 0 spiro atoms. The first-order valence-corrected chi connectivity index (χ1v) is 7.69. The number of esters is 1. The van der Waals surface area contributed by atoms with Crippen molar-refractivity contribution in [3.8, 4) is 0 Å². The van der Waals surface area contributed by atoms with E-state index in [0.29, 0.717) is 12.6 Å². The van der Waals surface area contributed by atoms with Gasteiger partial charge in [0.2, 0.25) is 0 Å². The van der Waals surface area contributed by atoms with Gasteiger partial charge in [-0.15, -0.1) is 0 Å². The van der Waals surface area contributed by atoms with Crippen LogP contribution in [0.15, 0.2) is 0 Å². The summed E-state index contributed by atoms with van der Waals surface area (Å²) in [6.07, 6.45) is 4.39. The molecule has 0 aromatic heterocycles. The van der Waals surface area contributed by atoms with Gasteiger partial charge in [0.05, 0.1) is 6.61 Å². The highest BCUT2D eigenvalue weighted by Gasteiger charge is 2.37. The van der Waals surface area contributed by atoms with Gasteiger partial charge in [-0.3, -0.25) is 4.79 Å². The van der Waals surface area contributed by atoms with Crippen molar-refractivity contribution in [2.24, 2.45) is 0 Å². The van der Waals surface area contributed by atoms with Crippen LogP contribution < -0.4 is 5.32 Å². The second kappa shape index (κ2) is 7.85. The number of rotatable bonds is 8. The Morgan fingerprint density at radius 3 is 2.53 bits per heavy atom. The average molecular weight is 270 g/mol. The normalized spacial score (nSPS) is 21.1. The van der Waals surface area contributed by atoms with E-state index in [1.807, 2.05) is 13.8 Å². The Balaban J connectivity index is 2.63. The minimum Gasteiger partial charge on any atom is -0.465 e. The number of likely N-dealkylation sites (tertiary alicyclic amines) is 1. The summed E-state index contributed by atoms with van der Waals surface area (Å²) in [5, 5.41) is 3.38. The maximum Gasteiger partial charge on any atom is 0.326 e. The van der Waals surface area contributed by atoms with E-state index in [0.717, 1.165) is 32.5 Å². The van der Waals surface area contributed by atoms with Crippen LogP contribution in [0.3, 0.4) is 0 Å². The summed E-state index contributed by atoms with van der Waals surface area (Å²) < 4.78 is 5.25. The highest BCUT2D eigenvalue weighted by Crippen LogP contribution is 2.21. The van der Waals surface area contributed by atoms with E-state index in [1.165, 1.54) is 12.8 Å². The lowest BCUT2D eigenvalue weighted by Gasteiger charge is -2.34. The second-order valence-electron chi connectivity index (χ2n) is 5.78. The maximum absolute atomic E-state index is 12.2. The van der Waals surface area contributed by atoms with Crippen molar-refractivity contribution >= 4 is 5.97 Å². The fourth-order valence-electron chi connectivity index (χ4n) is 2.82. The minimum atomic E-state index is -0.561. The molecule has 0 aromatic rings. The molecule has 19 heavy (non-hydrogen) atoms. The van der Waals surface area contributed by atoms with E-state index in [9.17, 15) is 4.79 Å². The molecule has 0 amide bonds. The molecule has 0 aromatic carbocycles. The largest absolute Gasteiger partial charge is 0.465 e. The lowest BCUT2D eigenvalue weighted by Crippen LogP contribution is -2.54. The number of nitrogens with one attached hydrogen (secondary N) is 1. The number of hydrogen-bond donors (Lipinski definition) is 1. The highest BCUT2D eigenvalue weighted by atomic mass is 16.5. The number of carbonyl (C=O) groups is 1. The van der Waals surface area contributed by atoms with Gasteiger partial charge >= 0.3 is 5.97 Å². The van der Waals surface area contributed by atoms with E-state index >= 15 is 0 Å². The smallest absolute Gasteiger partial charge is 0.326 e. The zero-order chi connectivity index (χ0) is 14.3. The summed E-state index contributed by atoms with van der Waals surface area (Å²) >= 11 is 0. The molecule has 4 nitrogen and oxygen atoms in total. The molecule has 1 N–H and O–H groups in total. The van der Waals surface area contributed by atoms with Gasteiger partial charge in [-0.05, 0) is 66.1 Å². The molecule has 1 aliphatic heterocycles. The van der Waals surface area contributed by atoms with Crippen molar-refractivity contribution in [1.82, 2.24) is 10.2 Å². The van der Waals surface area contributed by atoms with Crippen LogP contribution in [0.5, 0.6) is 0 Å². The molecule has 1 aliphatic rings. The molecule has 2 unspecified atom stereocenters. The van der Waals surface area contributed by atoms with Crippen molar-refractivity contribution in [2.45, 2.75) is 65.0 Å². The lowest BCUT2D eigenvalue weighted by atomic mass is 9.92. The summed E-state index contributed by atoms with van der Waals surface area (Å²) in [7, 11) is 0. The molecule has 1 heterocycles. The Bertz CT molecular complexity index is 277. The third-order valence-electron chi connectivity index (χ3n) is 3.96. The standard InChI is InChI=1S/C15H30N2O2/c1-5-9-16-15(4,14(18)19-6-2)12-13(3)17-10-7-8-11-17/h13,16H,5-12H2,1-4H3. The predicted octanol–water partition coefficient (Wildman–Crippen LogP) is 2.18. The Morgan fingerprint density at radius 2 is 2.00 bits per heavy atom. The van der Waals surface area contributed by atoms with E-state index in [-0.39, 0.29) is 5.97 Å². The first kappa shape index (κ1) is 16.4. The minimum absolute atomic E-state index is 0.116. The topological polar surface area (TPSA) is 41.6 Å². The number of carbonyl (C=O) groups excluding carboxylic acids is 1. The lowest BCUT2D eigenvalue weighted by molar-refractivity contribution is -0.151. The molecule has 112 valence electrons. The van der Waals surface area contributed by atoms with Crippen molar-refractivity contribution < 1.29 is 9.53 Å². The van der Waals surface area contributed by atoms with Crippen molar-refractivity contribution in [3.05, 3.63) is 0 Å². The van der Waals surface area contributed by atoms with Crippen LogP contribution in [0, 0.1) is 0 Å². The van der Waals surface area contributed by atoms with Gasteiger partial charge in [0.25, 0.3) is 0 Å². The molecule has 0 aliphatic carbocycles. The molecule has 1 fully saturated rings. The van der Waals surface area contributed by atoms with Gasteiger partial charge < -0.3 is 15.0 Å². The molecular formula is C15H30N2O2. The third kappa shape index (κ3) is 4.77. The summed E-state index contributed by atoms with van der Waals surface area (Å²) in [4.78, 5) is 14.7. The number of nitrogens with zero attached hydrogens (tertiary/aromatic N) is 1. The Morgan fingerprint density at radius 1 is 1.37 bits per heavy atom. The van der Waals surface area contributed by atoms with Crippen LogP contribution in [0.1, 0.15) is 53.4 Å². The van der Waals surface area contributed by atoms with Crippen LogP contribution in [-0.2, 0) is 9.53 Å². The average Bonchev–Trinajstić information content (AvgIpc) is 2.90. The molecule has 4 heteroatoms. The van der Waals surface area contributed by atoms with Crippen molar-refractivity contribution in [3.63, 3.8) is 0 Å². The fraction of sp³-hybridized carbons (Fsp3) is 0.933.